The minimum atomic E-state index is -0.449. The predicted molar refractivity (Wildman–Crippen MR) is 50.5 cm³/mol. The summed E-state index contributed by atoms with van der Waals surface area (Å²) in [6.45, 7) is 3.98. The molecule has 1 heterocycles. The highest BCUT2D eigenvalue weighted by atomic mass is 16.1. The van der Waals surface area contributed by atoms with Crippen molar-refractivity contribution in [2.75, 3.05) is 0 Å². The number of amides is 1. The Hall–Kier alpha value is -1.32. The fourth-order valence-electron chi connectivity index (χ4n) is 1.48. The molecule has 4 heteroatoms. The molecule has 0 aliphatic heterocycles. The molecule has 0 bridgehead atoms. The van der Waals surface area contributed by atoms with E-state index in [1.807, 2.05) is 14.0 Å². The molecular weight excluding hydrogens is 166 g/mol. The van der Waals surface area contributed by atoms with Crippen molar-refractivity contribution in [3.63, 3.8) is 0 Å². The lowest BCUT2D eigenvalue weighted by Gasteiger charge is -1.99. The molecule has 0 saturated carbocycles. The Labute approximate surface area is 77.7 Å². The summed E-state index contributed by atoms with van der Waals surface area (Å²) in [4.78, 5) is 10.9. The van der Waals surface area contributed by atoms with Gasteiger partial charge in [-0.25, -0.2) is 0 Å². The van der Waals surface area contributed by atoms with E-state index in [0.29, 0.717) is 5.69 Å². The van der Waals surface area contributed by atoms with Crippen LogP contribution in [-0.2, 0) is 13.5 Å². The van der Waals surface area contributed by atoms with E-state index in [-0.39, 0.29) is 0 Å². The maximum atomic E-state index is 10.9. The normalized spacial score (nSPS) is 10.4. The van der Waals surface area contributed by atoms with Crippen LogP contribution in [0.4, 0.5) is 0 Å². The molecule has 0 aliphatic rings. The monoisotopic (exact) mass is 181 g/mol. The van der Waals surface area contributed by atoms with E-state index in [2.05, 4.69) is 12.0 Å². The van der Waals surface area contributed by atoms with Crippen molar-refractivity contribution in [3.8, 4) is 0 Å². The Balaban J connectivity index is 3.14. The fourth-order valence-corrected chi connectivity index (χ4v) is 1.48. The predicted octanol–water partition coefficient (Wildman–Crippen LogP) is 0.780. The van der Waals surface area contributed by atoms with Crippen LogP contribution in [0.15, 0.2) is 0 Å². The van der Waals surface area contributed by atoms with Crippen LogP contribution in [0.5, 0.6) is 0 Å². The highest BCUT2D eigenvalue weighted by molar-refractivity contribution is 5.92. The molecule has 72 valence electrons. The van der Waals surface area contributed by atoms with Crippen molar-refractivity contribution in [2.24, 2.45) is 12.8 Å². The van der Waals surface area contributed by atoms with Gasteiger partial charge in [-0.05, 0) is 13.3 Å². The van der Waals surface area contributed by atoms with Crippen molar-refractivity contribution in [1.82, 2.24) is 9.78 Å². The van der Waals surface area contributed by atoms with Crippen molar-refractivity contribution in [2.45, 2.75) is 26.7 Å². The summed E-state index contributed by atoms with van der Waals surface area (Å²) in [5.41, 5.74) is 7.58. The topological polar surface area (TPSA) is 60.9 Å². The van der Waals surface area contributed by atoms with Crippen molar-refractivity contribution >= 4 is 5.91 Å². The summed E-state index contributed by atoms with van der Waals surface area (Å²) < 4.78 is 1.74. The van der Waals surface area contributed by atoms with Gasteiger partial charge in [0.25, 0.3) is 5.91 Å². The third-order valence-corrected chi connectivity index (χ3v) is 2.15. The SMILES string of the molecule is CCCc1c(C)c(C(N)=O)nn1C. The number of nitrogens with two attached hydrogens (primary N) is 1. The van der Waals surface area contributed by atoms with Gasteiger partial charge in [0.2, 0.25) is 0 Å². The molecule has 0 aliphatic carbocycles. The van der Waals surface area contributed by atoms with Crippen LogP contribution in [0.2, 0.25) is 0 Å². The number of rotatable bonds is 3. The lowest BCUT2D eigenvalue weighted by Crippen LogP contribution is -2.13. The minimum Gasteiger partial charge on any atom is -0.364 e. The number of nitrogens with zero attached hydrogens (tertiary/aromatic N) is 2. The number of hydrogen-bond acceptors (Lipinski definition) is 2. The Kier molecular flexibility index (Phi) is 2.70. The zero-order valence-electron chi connectivity index (χ0n) is 8.29. The molecule has 1 aromatic rings. The lowest BCUT2D eigenvalue weighted by molar-refractivity contribution is 0.0994. The highest BCUT2D eigenvalue weighted by Crippen LogP contribution is 2.13. The summed E-state index contributed by atoms with van der Waals surface area (Å²) in [5, 5.41) is 4.07. The summed E-state index contributed by atoms with van der Waals surface area (Å²) in [6, 6.07) is 0. The van der Waals surface area contributed by atoms with Crippen LogP contribution in [-0.4, -0.2) is 15.7 Å². The zero-order chi connectivity index (χ0) is 10.0. The third-order valence-electron chi connectivity index (χ3n) is 2.15. The fraction of sp³-hybridized carbons (Fsp3) is 0.556. The van der Waals surface area contributed by atoms with E-state index in [1.165, 1.54) is 0 Å². The van der Waals surface area contributed by atoms with Gasteiger partial charge in [0.15, 0.2) is 5.69 Å². The molecule has 0 unspecified atom stereocenters. The molecule has 0 saturated heterocycles. The second kappa shape index (κ2) is 3.60. The summed E-state index contributed by atoms with van der Waals surface area (Å²) in [5.74, 6) is -0.449. The number of aryl methyl sites for hydroxylation is 1. The van der Waals surface area contributed by atoms with Gasteiger partial charge in [0.05, 0.1) is 0 Å². The van der Waals surface area contributed by atoms with Crippen LogP contribution in [0.1, 0.15) is 35.1 Å². The van der Waals surface area contributed by atoms with Gasteiger partial charge in [0, 0.05) is 18.3 Å². The first kappa shape index (κ1) is 9.77. The van der Waals surface area contributed by atoms with E-state index in [9.17, 15) is 4.79 Å². The average Bonchev–Trinajstić information content (AvgIpc) is 2.32. The quantitative estimate of drug-likeness (QED) is 0.749. The van der Waals surface area contributed by atoms with E-state index in [1.54, 1.807) is 4.68 Å². The Bertz CT molecular complexity index is 328. The van der Waals surface area contributed by atoms with Crippen molar-refractivity contribution in [1.29, 1.82) is 0 Å². The van der Waals surface area contributed by atoms with E-state index in [0.717, 1.165) is 24.1 Å². The van der Waals surface area contributed by atoms with Crippen molar-refractivity contribution < 1.29 is 4.79 Å². The standard InChI is InChI=1S/C9H15N3O/c1-4-5-7-6(2)8(9(10)13)11-12(7)3/h4-5H2,1-3H3,(H2,10,13). The molecule has 0 aromatic carbocycles. The van der Waals surface area contributed by atoms with Crippen LogP contribution in [0.3, 0.4) is 0 Å². The number of carbonyl (C=O) groups excluding carboxylic acids is 1. The number of carbonyl (C=O) groups is 1. The van der Waals surface area contributed by atoms with Gasteiger partial charge < -0.3 is 5.73 Å². The number of primary amides is 1. The summed E-state index contributed by atoms with van der Waals surface area (Å²) in [7, 11) is 1.84. The van der Waals surface area contributed by atoms with E-state index in [4.69, 9.17) is 5.73 Å². The van der Waals surface area contributed by atoms with Crippen LogP contribution in [0.25, 0.3) is 0 Å². The smallest absolute Gasteiger partial charge is 0.269 e. The largest absolute Gasteiger partial charge is 0.364 e. The molecule has 4 nitrogen and oxygen atoms in total. The lowest BCUT2D eigenvalue weighted by atomic mass is 10.1. The highest BCUT2D eigenvalue weighted by Gasteiger charge is 2.14. The van der Waals surface area contributed by atoms with Crippen molar-refractivity contribution in [3.05, 3.63) is 17.0 Å². The van der Waals surface area contributed by atoms with Crippen LogP contribution in [0, 0.1) is 6.92 Å². The molecule has 2 N–H and O–H groups in total. The summed E-state index contributed by atoms with van der Waals surface area (Å²) in [6.07, 6.45) is 1.97. The summed E-state index contributed by atoms with van der Waals surface area (Å²) >= 11 is 0. The second-order valence-electron chi connectivity index (χ2n) is 3.16. The van der Waals surface area contributed by atoms with Gasteiger partial charge >= 0.3 is 0 Å². The second-order valence-corrected chi connectivity index (χ2v) is 3.16. The van der Waals surface area contributed by atoms with E-state index < -0.39 is 5.91 Å². The molecule has 0 radical (unpaired) electrons. The minimum absolute atomic E-state index is 0.394. The first-order valence-electron chi connectivity index (χ1n) is 4.40. The molecule has 13 heavy (non-hydrogen) atoms. The van der Waals surface area contributed by atoms with Crippen LogP contribution >= 0.6 is 0 Å². The molecular formula is C9H15N3O. The maximum Gasteiger partial charge on any atom is 0.269 e. The van der Waals surface area contributed by atoms with E-state index >= 15 is 0 Å². The molecule has 1 aromatic heterocycles. The Morgan fingerprint density at radius 1 is 1.62 bits per heavy atom. The van der Waals surface area contributed by atoms with Crippen LogP contribution < -0.4 is 5.73 Å². The number of hydrogen-bond donors (Lipinski definition) is 1. The Morgan fingerprint density at radius 3 is 2.62 bits per heavy atom. The molecule has 1 rings (SSSR count). The van der Waals surface area contributed by atoms with Gasteiger partial charge in [-0.1, -0.05) is 13.3 Å². The van der Waals surface area contributed by atoms with Gasteiger partial charge in [0.1, 0.15) is 0 Å². The van der Waals surface area contributed by atoms with Gasteiger partial charge in [-0.3, -0.25) is 9.48 Å². The number of aromatic nitrogens is 2. The maximum absolute atomic E-state index is 10.9. The third kappa shape index (κ3) is 1.71. The molecule has 0 spiro atoms. The molecule has 0 atom stereocenters. The van der Waals surface area contributed by atoms with Gasteiger partial charge in [-0.2, -0.15) is 5.10 Å². The average molecular weight is 181 g/mol. The Morgan fingerprint density at radius 2 is 2.23 bits per heavy atom. The molecule has 0 fully saturated rings. The first-order chi connectivity index (χ1) is 6.07. The first-order valence-corrected chi connectivity index (χ1v) is 4.40. The zero-order valence-corrected chi connectivity index (χ0v) is 8.29. The molecule has 1 amide bonds. The van der Waals surface area contributed by atoms with Gasteiger partial charge in [-0.15, -0.1) is 0 Å².